The van der Waals surface area contributed by atoms with Crippen LogP contribution in [0.1, 0.15) is 19.3 Å². The van der Waals surface area contributed by atoms with E-state index in [9.17, 15) is 9.90 Å². The molecule has 0 aromatic carbocycles. The van der Waals surface area contributed by atoms with Crippen LogP contribution in [-0.4, -0.2) is 58.1 Å². The summed E-state index contributed by atoms with van der Waals surface area (Å²) in [6.45, 7) is 5.49. The van der Waals surface area contributed by atoms with Crippen LogP contribution in [0.3, 0.4) is 0 Å². The average molecular weight is 301 g/mol. The molecule has 0 radical (unpaired) electrons. The van der Waals surface area contributed by atoms with Gasteiger partial charge in [0, 0.05) is 35.6 Å². The van der Waals surface area contributed by atoms with Gasteiger partial charge in [0.1, 0.15) is 0 Å². The Labute approximate surface area is 124 Å². The van der Waals surface area contributed by atoms with E-state index < -0.39 is 11.4 Å². The zero-order valence-electron chi connectivity index (χ0n) is 11.3. The summed E-state index contributed by atoms with van der Waals surface area (Å²) in [6.07, 6.45) is 4.14. The minimum Gasteiger partial charge on any atom is -0.481 e. The van der Waals surface area contributed by atoms with Gasteiger partial charge in [-0.05, 0) is 25.8 Å². The van der Waals surface area contributed by atoms with Crippen molar-refractivity contribution in [2.24, 2.45) is 5.41 Å². The molecule has 2 heterocycles. The number of hydrogen-bond donors (Lipinski definition) is 1. The lowest BCUT2D eigenvalue weighted by molar-refractivity contribution is -0.152. The molecule has 0 spiro atoms. The van der Waals surface area contributed by atoms with Crippen LogP contribution in [0.5, 0.6) is 0 Å². The standard InChI is InChI=1S/C14H23NO2S2/c1-2-4-14(13(16)17)5-3-6-15(11-14)12-9-18-7-8-19-10-12/h2,12H,1,3-11H2,(H,16,17). The van der Waals surface area contributed by atoms with Crippen molar-refractivity contribution < 1.29 is 9.90 Å². The third-order valence-corrected chi connectivity index (χ3v) is 6.59. The Bertz CT molecular complexity index is 329. The topological polar surface area (TPSA) is 40.5 Å². The van der Waals surface area contributed by atoms with Crippen LogP contribution in [0.4, 0.5) is 0 Å². The highest BCUT2D eigenvalue weighted by Crippen LogP contribution is 2.36. The molecule has 1 atom stereocenters. The minimum atomic E-state index is -0.647. The summed E-state index contributed by atoms with van der Waals surface area (Å²) in [4.78, 5) is 14.1. The number of carboxylic acid groups (broad SMARTS) is 1. The molecule has 1 N–H and O–H groups in total. The zero-order chi connectivity index (χ0) is 13.7. The Morgan fingerprint density at radius 1 is 1.42 bits per heavy atom. The first-order valence-corrected chi connectivity index (χ1v) is 9.23. The first-order chi connectivity index (χ1) is 9.18. The number of likely N-dealkylation sites (tertiary alicyclic amines) is 1. The van der Waals surface area contributed by atoms with Crippen LogP contribution in [0.25, 0.3) is 0 Å². The molecule has 5 heteroatoms. The van der Waals surface area contributed by atoms with E-state index in [1.165, 1.54) is 11.5 Å². The highest BCUT2D eigenvalue weighted by Gasteiger charge is 2.42. The van der Waals surface area contributed by atoms with Gasteiger partial charge in [0.05, 0.1) is 5.41 Å². The first-order valence-electron chi connectivity index (χ1n) is 6.92. The second kappa shape index (κ2) is 7.04. The summed E-state index contributed by atoms with van der Waals surface area (Å²) in [5, 5.41) is 9.61. The summed E-state index contributed by atoms with van der Waals surface area (Å²) in [6, 6.07) is 0.543. The van der Waals surface area contributed by atoms with Crippen molar-refractivity contribution in [2.45, 2.75) is 25.3 Å². The van der Waals surface area contributed by atoms with Crippen LogP contribution < -0.4 is 0 Å². The van der Waals surface area contributed by atoms with Gasteiger partial charge < -0.3 is 5.11 Å². The van der Waals surface area contributed by atoms with Gasteiger partial charge in [0.25, 0.3) is 0 Å². The quantitative estimate of drug-likeness (QED) is 0.808. The smallest absolute Gasteiger partial charge is 0.311 e. The molecule has 0 aliphatic carbocycles. The number of nitrogens with zero attached hydrogens (tertiary/aromatic N) is 1. The summed E-state index contributed by atoms with van der Waals surface area (Å²) in [7, 11) is 0. The maximum atomic E-state index is 11.7. The van der Waals surface area contributed by atoms with E-state index in [-0.39, 0.29) is 0 Å². The van der Waals surface area contributed by atoms with E-state index in [4.69, 9.17) is 0 Å². The van der Waals surface area contributed by atoms with Crippen molar-refractivity contribution in [3.8, 4) is 0 Å². The highest BCUT2D eigenvalue weighted by atomic mass is 32.2. The SMILES string of the molecule is C=CCC1(C(=O)O)CCCN(C2CSCCSC2)C1. The summed E-state index contributed by atoms with van der Waals surface area (Å²) >= 11 is 4.02. The van der Waals surface area contributed by atoms with E-state index in [1.54, 1.807) is 6.08 Å². The minimum absolute atomic E-state index is 0.543. The number of hydrogen-bond acceptors (Lipinski definition) is 4. The van der Waals surface area contributed by atoms with Crippen molar-refractivity contribution in [1.29, 1.82) is 0 Å². The number of piperidine rings is 1. The van der Waals surface area contributed by atoms with Crippen molar-refractivity contribution in [1.82, 2.24) is 4.90 Å². The van der Waals surface area contributed by atoms with Gasteiger partial charge in [-0.15, -0.1) is 6.58 Å². The molecule has 0 aromatic rings. The Morgan fingerprint density at radius 2 is 2.11 bits per heavy atom. The molecule has 2 aliphatic rings. The molecule has 108 valence electrons. The van der Waals surface area contributed by atoms with Crippen LogP contribution in [0, 0.1) is 5.41 Å². The number of thioether (sulfide) groups is 2. The van der Waals surface area contributed by atoms with Gasteiger partial charge in [-0.25, -0.2) is 0 Å². The summed E-state index contributed by atoms with van der Waals surface area (Å²) < 4.78 is 0. The van der Waals surface area contributed by atoms with Gasteiger partial charge >= 0.3 is 5.97 Å². The third kappa shape index (κ3) is 3.70. The van der Waals surface area contributed by atoms with Gasteiger partial charge in [0.2, 0.25) is 0 Å². The second-order valence-corrected chi connectivity index (χ2v) is 7.76. The third-order valence-electron chi connectivity index (χ3n) is 4.10. The van der Waals surface area contributed by atoms with E-state index in [2.05, 4.69) is 11.5 Å². The van der Waals surface area contributed by atoms with Crippen LogP contribution in [-0.2, 0) is 4.79 Å². The summed E-state index contributed by atoms with van der Waals surface area (Å²) in [5.74, 6) is 4.11. The molecule has 0 aromatic heterocycles. The predicted molar refractivity (Wildman–Crippen MR) is 84.1 cm³/mol. The number of aliphatic carboxylic acids is 1. The average Bonchev–Trinajstić information content (AvgIpc) is 2.68. The molecule has 2 fully saturated rings. The Hall–Kier alpha value is -0.130. The number of carbonyl (C=O) groups is 1. The Balaban J connectivity index is 2.05. The lowest BCUT2D eigenvalue weighted by Gasteiger charge is -2.42. The lowest BCUT2D eigenvalue weighted by atomic mass is 9.77. The summed E-state index contributed by atoms with van der Waals surface area (Å²) in [5.41, 5.74) is -0.596. The Kier molecular flexibility index (Phi) is 5.66. The fraction of sp³-hybridized carbons (Fsp3) is 0.786. The molecule has 2 aliphatic heterocycles. The molecule has 0 bridgehead atoms. The maximum absolute atomic E-state index is 11.7. The predicted octanol–water partition coefficient (Wildman–Crippen LogP) is 2.58. The van der Waals surface area contributed by atoms with Gasteiger partial charge in [0.15, 0.2) is 0 Å². The van der Waals surface area contributed by atoms with Crippen molar-refractivity contribution >= 4 is 29.5 Å². The number of rotatable bonds is 4. The molecule has 2 saturated heterocycles. The number of allylic oxidation sites excluding steroid dienone is 1. The lowest BCUT2D eigenvalue weighted by Crippen LogP contribution is -2.52. The van der Waals surface area contributed by atoms with Crippen molar-refractivity contribution in [3.63, 3.8) is 0 Å². The fourth-order valence-corrected chi connectivity index (χ4v) is 5.63. The van der Waals surface area contributed by atoms with E-state index in [1.807, 2.05) is 23.5 Å². The van der Waals surface area contributed by atoms with Crippen molar-refractivity contribution in [2.75, 3.05) is 36.1 Å². The maximum Gasteiger partial charge on any atom is 0.311 e. The Morgan fingerprint density at radius 3 is 2.68 bits per heavy atom. The molecule has 0 amide bonds. The van der Waals surface area contributed by atoms with Gasteiger partial charge in [-0.2, -0.15) is 23.5 Å². The molecular formula is C14H23NO2S2. The van der Waals surface area contributed by atoms with E-state index >= 15 is 0 Å². The number of carboxylic acids is 1. The van der Waals surface area contributed by atoms with Gasteiger partial charge in [-0.3, -0.25) is 9.69 Å². The molecule has 19 heavy (non-hydrogen) atoms. The van der Waals surface area contributed by atoms with Crippen LogP contribution in [0.15, 0.2) is 12.7 Å². The highest BCUT2D eigenvalue weighted by molar-refractivity contribution is 8.03. The molecule has 3 nitrogen and oxygen atoms in total. The fourth-order valence-electron chi connectivity index (χ4n) is 3.00. The van der Waals surface area contributed by atoms with Crippen molar-refractivity contribution in [3.05, 3.63) is 12.7 Å². The monoisotopic (exact) mass is 301 g/mol. The van der Waals surface area contributed by atoms with E-state index in [0.29, 0.717) is 19.0 Å². The normalized spacial score (nSPS) is 30.7. The van der Waals surface area contributed by atoms with Crippen LogP contribution in [0.2, 0.25) is 0 Å². The van der Waals surface area contributed by atoms with E-state index in [0.717, 1.165) is 30.9 Å². The zero-order valence-corrected chi connectivity index (χ0v) is 13.0. The van der Waals surface area contributed by atoms with Gasteiger partial charge in [-0.1, -0.05) is 6.08 Å². The second-order valence-electron chi connectivity index (χ2n) is 5.46. The molecule has 1 unspecified atom stereocenters. The van der Waals surface area contributed by atoms with Crippen LogP contribution >= 0.6 is 23.5 Å². The molecular weight excluding hydrogens is 278 g/mol. The molecule has 0 saturated carbocycles. The molecule has 2 rings (SSSR count). The first kappa shape index (κ1) is 15.3. The largest absolute Gasteiger partial charge is 0.481 e.